The first-order valence-corrected chi connectivity index (χ1v) is 9.99. The van der Waals surface area contributed by atoms with Crippen molar-refractivity contribution in [1.82, 2.24) is 10.2 Å². The molecule has 0 spiro atoms. The van der Waals surface area contributed by atoms with Crippen molar-refractivity contribution in [2.45, 2.75) is 53.0 Å². The summed E-state index contributed by atoms with van der Waals surface area (Å²) >= 11 is 0. The summed E-state index contributed by atoms with van der Waals surface area (Å²) in [7, 11) is 0. The summed E-state index contributed by atoms with van der Waals surface area (Å²) in [5.41, 5.74) is 0.0310. The van der Waals surface area contributed by atoms with E-state index in [-0.39, 0.29) is 18.6 Å². The smallest absolute Gasteiger partial charge is 0.317 e. The number of hydrogen-bond acceptors (Lipinski definition) is 4. The number of carbonyl (C=O) groups is 2. The maximum atomic E-state index is 12.6. The van der Waals surface area contributed by atoms with Crippen LogP contribution < -0.4 is 14.8 Å². The van der Waals surface area contributed by atoms with Crippen molar-refractivity contribution >= 4 is 12.0 Å². The molecule has 2 rings (SSSR count). The first kappa shape index (κ1) is 21.9. The fourth-order valence-corrected chi connectivity index (χ4v) is 3.12. The van der Waals surface area contributed by atoms with E-state index in [1.165, 1.54) is 0 Å². The maximum absolute atomic E-state index is 12.6. The Morgan fingerprint density at radius 2 is 1.86 bits per heavy atom. The van der Waals surface area contributed by atoms with Gasteiger partial charge in [-0.2, -0.15) is 0 Å². The molecule has 0 bridgehead atoms. The Hall–Kier alpha value is -2.44. The van der Waals surface area contributed by atoms with Crippen molar-refractivity contribution < 1.29 is 24.2 Å². The molecule has 0 saturated carbocycles. The molecule has 0 radical (unpaired) electrons. The molecule has 1 aromatic carbocycles. The molecule has 28 heavy (non-hydrogen) atoms. The van der Waals surface area contributed by atoms with E-state index >= 15 is 0 Å². The molecule has 0 aromatic heterocycles. The van der Waals surface area contributed by atoms with Gasteiger partial charge in [0, 0.05) is 13.1 Å². The van der Waals surface area contributed by atoms with Gasteiger partial charge in [-0.15, -0.1) is 0 Å². The number of aliphatic carboxylic acids is 1. The SMILES string of the molecule is CCCOc1ccc(C(C)NC(=O)N2CCC(C)(C(=O)O)C2)cc1OCCC. The second-order valence-electron chi connectivity index (χ2n) is 7.61. The number of carbonyl (C=O) groups excluding carboxylic acids is 1. The number of carboxylic acids is 1. The van der Waals surface area contributed by atoms with Gasteiger partial charge in [-0.3, -0.25) is 4.79 Å². The zero-order valence-electron chi connectivity index (χ0n) is 17.3. The Kier molecular flexibility index (Phi) is 7.54. The minimum absolute atomic E-state index is 0.218. The minimum Gasteiger partial charge on any atom is -0.490 e. The monoisotopic (exact) mass is 392 g/mol. The van der Waals surface area contributed by atoms with Crippen LogP contribution in [0.5, 0.6) is 11.5 Å². The van der Waals surface area contributed by atoms with Crippen LogP contribution in [0.25, 0.3) is 0 Å². The molecule has 1 saturated heterocycles. The third kappa shape index (κ3) is 5.30. The van der Waals surface area contributed by atoms with E-state index in [1.54, 1.807) is 11.8 Å². The molecule has 0 aliphatic carbocycles. The molecule has 1 fully saturated rings. The lowest BCUT2D eigenvalue weighted by molar-refractivity contribution is -0.147. The third-order valence-electron chi connectivity index (χ3n) is 5.01. The van der Waals surface area contributed by atoms with Crippen LogP contribution in [-0.4, -0.2) is 48.3 Å². The first-order chi connectivity index (χ1) is 13.3. The lowest BCUT2D eigenvalue weighted by atomic mass is 9.90. The van der Waals surface area contributed by atoms with Gasteiger partial charge in [-0.05, 0) is 50.8 Å². The molecule has 7 heteroatoms. The molecule has 1 aromatic rings. The number of carboxylic acid groups (broad SMARTS) is 1. The number of benzene rings is 1. The van der Waals surface area contributed by atoms with E-state index in [0.717, 1.165) is 18.4 Å². The molecule has 7 nitrogen and oxygen atoms in total. The predicted molar refractivity (Wildman–Crippen MR) is 107 cm³/mol. The topological polar surface area (TPSA) is 88.1 Å². The zero-order valence-corrected chi connectivity index (χ0v) is 17.3. The lowest BCUT2D eigenvalue weighted by Crippen LogP contribution is -2.41. The van der Waals surface area contributed by atoms with Gasteiger partial charge < -0.3 is 24.8 Å². The van der Waals surface area contributed by atoms with Crippen LogP contribution >= 0.6 is 0 Å². The van der Waals surface area contributed by atoms with Crippen molar-refractivity contribution in [1.29, 1.82) is 0 Å². The number of urea groups is 1. The highest BCUT2D eigenvalue weighted by Gasteiger charge is 2.42. The van der Waals surface area contributed by atoms with E-state index < -0.39 is 11.4 Å². The summed E-state index contributed by atoms with van der Waals surface area (Å²) in [5.74, 6) is 0.513. The number of ether oxygens (including phenoxy) is 2. The van der Waals surface area contributed by atoms with Crippen LogP contribution in [0, 0.1) is 5.41 Å². The van der Waals surface area contributed by atoms with Gasteiger partial charge in [0.1, 0.15) is 0 Å². The molecule has 2 unspecified atom stereocenters. The normalized spacial score (nSPS) is 19.9. The highest BCUT2D eigenvalue weighted by Crippen LogP contribution is 2.32. The highest BCUT2D eigenvalue weighted by molar-refractivity contribution is 5.79. The largest absolute Gasteiger partial charge is 0.490 e. The van der Waals surface area contributed by atoms with Crippen LogP contribution in [0.4, 0.5) is 4.79 Å². The average molecular weight is 392 g/mol. The number of rotatable bonds is 9. The van der Waals surface area contributed by atoms with E-state index in [1.807, 2.05) is 39.0 Å². The average Bonchev–Trinajstić information content (AvgIpc) is 3.08. The van der Waals surface area contributed by atoms with E-state index in [9.17, 15) is 14.7 Å². The summed E-state index contributed by atoms with van der Waals surface area (Å²) in [4.78, 5) is 25.5. The van der Waals surface area contributed by atoms with Crippen LogP contribution in [0.2, 0.25) is 0 Å². The van der Waals surface area contributed by atoms with Crippen LogP contribution in [-0.2, 0) is 4.79 Å². The van der Waals surface area contributed by atoms with Crippen molar-refractivity contribution in [3.8, 4) is 11.5 Å². The van der Waals surface area contributed by atoms with Crippen LogP contribution in [0.1, 0.15) is 58.6 Å². The van der Waals surface area contributed by atoms with Gasteiger partial charge in [-0.1, -0.05) is 19.9 Å². The minimum atomic E-state index is -0.875. The molecule has 1 aliphatic heterocycles. The van der Waals surface area contributed by atoms with E-state index in [0.29, 0.717) is 37.7 Å². The highest BCUT2D eigenvalue weighted by atomic mass is 16.5. The van der Waals surface area contributed by atoms with Crippen molar-refractivity contribution in [3.05, 3.63) is 23.8 Å². The second kappa shape index (κ2) is 9.66. The van der Waals surface area contributed by atoms with E-state index in [4.69, 9.17) is 9.47 Å². The van der Waals surface area contributed by atoms with Gasteiger partial charge in [0.25, 0.3) is 0 Å². The molecule has 2 amide bonds. The van der Waals surface area contributed by atoms with Crippen molar-refractivity contribution in [2.75, 3.05) is 26.3 Å². The Labute approximate surface area is 167 Å². The summed E-state index contributed by atoms with van der Waals surface area (Å²) in [6.45, 7) is 9.53. The molecular formula is C21H32N2O5. The standard InChI is InChI=1S/C21H32N2O5/c1-5-11-27-17-8-7-16(13-18(17)28-12-6-2)15(3)22-20(26)23-10-9-21(4,14-23)19(24)25/h7-8,13,15H,5-6,9-12,14H2,1-4H3,(H,22,26)(H,24,25). The zero-order chi connectivity index (χ0) is 20.7. The first-order valence-electron chi connectivity index (χ1n) is 9.99. The van der Waals surface area contributed by atoms with Gasteiger partial charge in [0.05, 0.1) is 24.7 Å². The van der Waals surface area contributed by atoms with Gasteiger partial charge >= 0.3 is 12.0 Å². The molecular weight excluding hydrogens is 360 g/mol. The Morgan fingerprint density at radius 1 is 1.21 bits per heavy atom. The van der Waals surface area contributed by atoms with Crippen molar-refractivity contribution in [3.63, 3.8) is 0 Å². The lowest BCUT2D eigenvalue weighted by Gasteiger charge is -2.23. The summed E-state index contributed by atoms with van der Waals surface area (Å²) < 4.78 is 11.6. The molecule has 1 heterocycles. The summed E-state index contributed by atoms with van der Waals surface area (Å²) in [6.07, 6.45) is 2.26. The van der Waals surface area contributed by atoms with Crippen LogP contribution in [0.3, 0.4) is 0 Å². The number of amides is 2. The van der Waals surface area contributed by atoms with Crippen LogP contribution in [0.15, 0.2) is 18.2 Å². The summed E-state index contributed by atoms with van der Waals surface area (Å²) in [5, 5.41) is 12.3. The number of nitrogens with zero attached hydrogens (tertiary/aromatic N) is 1. The number of nitrogens with one attached hydrogen (secondary N) is 1. The molecule has 156 valence electrons. The van der Waals surface area contributed by atoms with Gasteiger partial charge in [-0.25, -0.2) is 4.79 Å². The fraction of sp³-hybridized carbons (Fsp3) is 0.619. The maximum Gasteiger partial charge on any atom is 0.317 e. The van der Waals surface area contributed by atoms with Crippen molar-refractivity contribution in [2.24, 2.45) is 5.41 Å². The Bertz CT molecular complexity index is 693. The van der Waals surface area contributed by atoms with E-state index in [2.05, 4.69) is 5.32 Å². The Balaban J connectivity index is 2.05. The predicted octanol–water partition coefficient (Wildman–Crippen LogP) is 3.83. The number of likely N-dealkylation sites (tertiary alicyclic amines) is 1. The third-order valence-corrected chi connectivity index (χ3v) is 5.01. The number of hydrogen-bond donors (Lipinski definition) is 2. The molecule has 1 aliphatic rings. The quantitative estimate of drug-likeness (QED) is 0.667. The Morgan fingerprint density at radius 3 is 2.43 bits per heavy atom. The van der Waals surface area contributed by atoms with Gasteiger partial charge in [0.15, 0.2) is 11.5 Å². The second-order valence-corrected chi connectivity index (χ2v) is 7.61. The fourth-order valence-electron chi connectivity index (χ4n) is 3.12. The molecule has 2 atom stereocenters. The summed E-state index contributed by atoms with van der Waals surface area (Å²) in [6, 6.07) is 5.20. The molecule has 2 N–H and O–H groups in total. The van der Waals surface area contributed by atoms with Gasteiger partial charge in [0.2, 0.25) is 0 Å².